The molecule has 3 nitrogen and oxygen atoms in total. The van der Waals surface area contributed by atoms with Crippen LogP contribution in [0.2, 0.25) is 0 Å². The van der Waals surface area contributed by atoms with E-state index in [0.29, 0.717) is 6.04 Å². The molecule has 1 heterocycles. The van der Waals surface area contributed by atoms with Crippen LogP contribution in [0.1, 0.15) is 46.6 Å². The van der Waals surface area contributed by atoms with Gasteiger partial charge in [-0.25, -0.2) is 0 Å². The molecule has 21 heavy (non-hydrogen) atoms. The van der Waals surface area contributed by atoms with E-state index in [0.717, 1.165) is 24.1 Å². The first-order valence-corrected chi connectivity index (χ1v) is 8.23. The van der Waals surface area contributed by atoms with E-state index < -0.39 is 0 Å². The number of hydrogen-bond donors (Lipinski definition) is 2. The van der Waals surface area contributed by atoms with Crippen LogP contribution in [0.5, 0.6) is 0 Å². The van der Waals surface area contributed by atoms with Gasteiger partial charge < -0.3 is 10.6 Å². The van der Waals surface area contributed by atoms with Crippen LogP contribution in [0.4, 0.5) is 5.69 Å². The standard InChI is InChI=1S/C17H20N2OS/c1-11-9-10-21-16(11)12(2)18-14-5-3-13(4-6-14)17(20)19-15-7-8-15/h3-6,9-10,12,15,18H,7-8H2,1-2H3,(H,19,20). The van der Waals surface area contributed by atoms with Crippen molar-refractivity contribution in [3.63, 3.8) is 0 Å². The van der Waals surface area contributed by atoms with Gasteiger partial charge in [0.15, 0.2) is 0 Å². The summed E-state index contributed by atoms with van der Waals surface area (Å²) in [6, 6.07) is 10.5. The monoisotopic (exact) mass is 300 g/mol. The molecule has 1 atom stereocenters. The Hall–Kier alpha value is -1.81. The molecule has 1 fully saturated rings. The lowest BCUT2D eigenvalue weighted by atomic mass is 10.1. The molecule has 1 unspecified atom stereocenters. The molecular weight excluding hydrogens is 280 g/mol. The zero-order valence-corrected chi connectivity index (χ0v) is 13.2. The number of rotatable bonds is 5. The normalized spacial score (nSPS) is 15.5. The number of benzene rings is 1. The second-order valence-corrected chi connectivity index (χ2v) is 6.61. The molecule has 0 bridgehead atoms. The SMILES string of the molecule is Cc1ccsc1C(C)Nc1ccc(C(=O)NC2CC2)cc1. The van der Waals surface area contributed by atoms with Crippen LogP contribution < -0.4 is 10.6 Å². The van der Waals surface area contributed by atoms with Crippen LogP contribution in [0, 0.1) is 6.92 Å². The summed E-state index contributed by atoms with van der Waals surface area (Å²) in [4.78, 5) is 13.3. The van der Waals surface area contributed by atoms with Gasteiger partial charge in [0.25, 0.3) is 5.91 Å². The number of carbonyl (C=O) groups excluding carboxylic acids is 1. The summed E-state index contributed by atoms with van der Waals surface area (Å²) >= 11 is 1.77. The summed E-state index contributed by atoms with van der Waals surface area (Å²) in [6.45, 7) is 4.29. The number of aryl methyl sites for hydroxylation is 1. The smallest absolute Gasteiger partial charge is 0.251 e. The number of carbonyl (C=O) groups is 1. The van der Waals surface area contributed by atoms with E-state index in [2.05, 4.69) is 35.9 Å². The van der Waals surface area contributed by atoms with Crippen LogP contribution in [0.3, 0.4) is 0 Å². The molecule has 0 aliphatic heterocycles. The van der Waals surface area contributed by atoms with Crippen molar-refractivity contribution in [2.24, 2.45) is 0 Å². The minimum absolute atomic E-state index is 0.0335. The highest BCUT2D eigenvalue weighted by molar-refractivity contribution is 7.10. The summed E-state index contributed by atoms with van der Waals surface area (Å²) in [6.07, 6.45) is 2.23. The van der Waals surface area contributed by atoms with Gasteiger partial charge >= 0.3 is 0 Å². The molecule has 1 amide bonds. The Kier molecular flexibility index (Phi) is 3.97. The molecule has 1 aliphatic rings. The van der Waals surface area contributed by atoms with Crippen LogP contribution >= 0.6 is 11.3 Å². The zero-order chi connectivity index (χ0) is 14.8. The van der Waals surface area contributed by atoms with Crippen molar-refractivity contribution in [3.8, 4) is 0 Å². The van der Waals surface area contributed by atoms with Crippen molar-refractivity contribution in [2.45, 2.75) is 38.8 Å². The largest absolute Gasteiger partial charge is 0.378 e. The van der Waals surface area contributed by atoms with E-state index >= 15 is 0 Å². The van der Waals surface area contributed by atoms with Crippen LogP contribution in [0.15, 0.2) is 35.7 Å². The fourth-order valence-corrected chi connectivity index (χ4v) is 3.29. The minimum Gasteiger partial charge on any atom is -0.378 e. The third-order valence-electron chi connectivity index (χ3n) is 3.74. The third-order valence-corrected chi connectivity index (χ3v) is 4.94. The quantitative estimate of drug-likeness (QED) is 0.872. The Balaban J connectivity index is 1.63. The predicted octanol–water partition coefficient (Wildman–Crippen LogP) is 4.12. The van der Waals surface area contributed by atoms with Crippen LogP contribution in [0.25, 0.3) is 0 Å². The molecule has 0 saturated heterocycles. The van der Waals surface area contributed by atoms with Gasteiger partial charge in [0, 0.05) is 22.2 Å². The summed E-state index contributed by atoms with van der Waals surface area (Å²) in [5.41, 5.74) is 3.09. The molecular formula is C17H20N2OS. The Morgan fingerprint density at radius 2 is 1.95 bits per heavy atom. The predicted molar refractivity (Wildman–Crippen MR) is 88.0 cm³/mol. The molecule has 2 N–H and O–H groups in total. The topological polar surface area (TPSA) is 41.1 Å². The second kappa shape index (κ2) is 5.90. The van der Waals surface area contributed by atoms with E-state index in [9.17, 15) is 4.79 Å². The fourth-order valence-electron chi connectivity index (χ4n) is 2.36. The molecule has 1 saturated carbocycles. The van der Waals surface area contributed by atoms with Gasteiger partial charge in [0.2, 0.25) is 0 Å². The van der Waals surface area contributed by atoms with Gasteiger partial charge in [-0.15, -0.1) is 11.3 Å². The summed E-state index contributed by atoms with van der Waals surface area (Å²) in [5.74, 6) is 0.0335. The number of hydrogen-bond acceptors (Lipinski definition) is 3. The maximum absolute atomic E-state index is 11.9. The van der Waals surface area contributed by atoms with E-state index in [1.807, 2.05) is 24.3 Å². The first-order chi connectivity index (χ1) is 10.1. The van der Waals surface area contributed by atoms with Gasteiger partial charge in [0.05, 0.1) is 6.04 Å². The van der Waals surface area contributed by atoms with Crippen LogP contribution in [-0.4, -0.2) is 11.9 Å². The van der Waals surface area contributed by atoms with Gasteiger partial charge in [0.1, 0.15) is 0 Å². The molecule has 0 spiro atoms. The lowest BCUT2D eigenvalue weighted by Crippen LogP contribution is -2.25. The molecule has 1 aliphatic carbocycles. The number of anilines is 1. The maximum Gasteiger partial charge on any atom is 0.251 e. The van der Waals surface area contributed by atoms with Gasteiger partial charge in [-0.3, -0.25) is 4.79 Å². The molecule has 4 heteroatoms. The van der Waals surface area contributed by atoms with Crippen molar-refractivity contribution < 1.29 is 4.79 Å². The average molecular weight is 300 g/mol. The number of amides is 1. The fraction of sp³-hybridized carbons (Fsp3) is 0.353. The Bertz CT molecular complexity index is 628. The third kappa shape index (κ3) is 3.45. The summed E-state index contributed by atoms with van der Waals surface area (Å²) in [7, 11) is 0. The lowest BCUT2D eigenvalue weighted by Gasteiger charge is -2.15. The number of thiophene rings is 1. The van der Waals surface area contributed by atoms with Crippen molar-refractivity contribution in [3.05, 3.63) is 51.7 Å². The Labute approximate surface area is 129 Å². The van der Waals surface area contributed by atoms with E-state index in [1.165, 1.54) is 10.4 Å². The average Bonchev–Trinajstić information content (AvgIpc) is 3.18. The second-order valence-electron chi connectivity index (χ2n) is 5.66. The summed E-state index contributed by atoms with van der Waals surface area (Å²) in [5, 5.41) is 8.60. The van der Waals surface area contributed by atoms with Crippen molar-refractivity contribution in [2.75, 3.05) is 5.32 Å². The number of nitrogens with one attached hydrogen (secondary N) is 2. The highest BCUT2D eigenvalue weighted by atomic mass is 32.1. The van der Waals surface area contributed by atoms with Gasteiger partial charge in [-0.05, 0) is 68.0 Å². The summed E-state index contributed by atoms with van der Waals surface area (Å²) < 4.78 is 0. The molecule has 1 aromatic heterocycles. The zero-order valence-electron chi connectivity index (χ0n) is 12.3. The van der Waals surface area contributed by atoms with Crippen molar-refractivity contribution in [1.82, 2.24) is 5.32 Å². The molecule has 2 aromatic rings. The van der Waals surface area contributed by atoms with E-state index in [-0.39, 0.29) is 11.9 Å². The highest BCUT2D eigenvalue weighted by Crippen LogP contribution is 2.27. The molecule has 1 aromatic carbocycles. The maximum atomic E-state index is 11.9. The van der Waals surface area contributed by atoms with Gasteiger partial charge in [-0.1, -0.05) is 0 Å². The Morgan fingerprint density at radius 3 is 2.52 bits per heavy atom. The lowest BCUT2D eigenvalue weighted by molar-refractivity contribution is 0.0951. The first-order valence-electron chi connectivity index (χ1n) is 7.35. The Morgan fingerprint density at radius 1 is 1.24 bits per heavy atom. The first kappa shape index (κ1) is 14.1. The molecule has 0 radical (unpaired) electrons. The van der Waals surface area contributed by atoms with E-state index in [4.69, 9.17) is 0 Å². The van der Waals surface area contributed by atoms with E-state index in [1.54, 1.807) is 11.3 Å². The van der Waals surface area contributed by atoms with Crippen LogP contribution in [-0.2, 0) is 0 Å². The van der Waals surface area contributed by atoms with Crippen molar-refractivity contribution >= 4 is 22.9 Å². The minimum atomic E-state index is 0.0335. The highest BCUT2D eigenvalue weighted by Gasteiger charge is 2.23. The molecule has 110 valence electrons. The van der Waals surface area contributed by atoms with Crippen molar-refractivity contribution in [1.29, 1.82) is 0 Å². The van der Waals surface area contributed by atoms with Gasteiger partial charge in [-0.2, -0.15) is 0 Å². The molecule has 3 rings (SSSR count).